The Labute approximate surface area is 74.8 Å². The molecule has 6 heteroatoms. The van der Waals surface area contributed by atoms with Gasteiger partial charge in [-0.3, -0.25) is 0 Å². The second-order valence-corrected chi connectivity index (χ2v) is 2.83. The van der Waals surface area contributed by atoms with Crippen molar-refractivity contribution in [3.63, 3.8) is 0 Å². The largest absolute Gasteiger partial charge is 0.488 e. The molecule has 0 aliphatic carbocycles. The van der Waals surface area contributed by atoms with Crippen LogP contribution in [-0.2, 0) is 7.05 Å². The molecule has 2 rings (SSSR count). The number of aryl methyl sites for hydroxylation is 1. The third kappa shape index (κ3) is 1.30. The molecule has 66 valence electrons. The monoisotopic (exact) mass is 177 g/mol. The van der Waals surface area contributed by atoms with Crippen molar-refractivity contribution in [2.45, 2.75) is 0 Å². The summed E-state index contributed by atoms with van der Waals surface area (Å²) in [7, 11) is 0.308. The first-order valence-corrected chi connectivity index (χ1v) is 3.84. The molecule has 0 fully saturated rings. The van der Waals surface area contributed by atoms with E-state index in [2.05, 4.69) is 10.3 Å². The molecule has 0 spiro atoms. The normalized spacial score (nSPS) is 10.7. The highest BCUT2D eigenvalue weighted by atomic mass is 16.4. The van der Waals surface area contributed by atoms with Crippen molar-refractivity contribution in [3.05, 3.63) is 18.2 Å². The van der Waals surface area contributed by atoms with Crippen LogP contribution in [0.25, 0.3) is 11.0 Å². The zero-order chi connectivity index (χ0) is 9.42. The van der Waals surface area contributed by atoms with Crippen LogP contribution in [0.2, 0.25) is 0 Å². The molecule has 0 saturated heterocycles. The van der Waals surface area contributed by atoms with Gasteiger partial charge >= 0.3 is 7.12 Å². The summed E-state index contributed by atoms with van der Waals surface area (Å²) in [5, 5.41) is 25.5. The quantitative estimate of drug-likeness (QED) is 0.528. The molecule has 0 amide bonds. The van der Waals surface area contributed by atoms with Crippen LogP contribution < -0.4 is 5.46 Å². The van der Waals surface area contributed by atoms with Gasteiger partial charge in [0.25, 0.3) is 0 Å². The van der Waals surface area contributed by atoms with Crippen molar-refractivity contribution in [1.82, 2.24) is 15.0 Å². The smallest absolute Gasteiger partial charge is 0.423 e. The third-order valence-corrected chi connectivity index (χ3v) is 1.93. The Bertz CT molecular complexity index is 440. The zero-order valence-electron chi connectivity index (χ0n) is 7.05. The highest BCUT2D eigenvalue weighted by molar-refractivity contribution is 6.58. The lowest BCUT2D eigenvalue weighted by molar-refractivity contribution is 0.426. The molecule has 2 N–H and O–H groups in total. The third-order valence-electron chi connectivity index (χ3n) is 1.93. The number of fused-ring (bicyclic) bond motifs is 1. The molecule has 0 unspecified atom stereocenters. The van der Waals surface area contributed by atoms with Crippen LogP contribution in [0.1, 0.15) is 0 Å². The van der Waals surface area contributed by atoms with Crippen molar-refractivity contribution < 1.29 is 10.0 Å². The second kappa shape index (κ2) is 2.83. The van der Waals surface area contributed by atoms with Gasteiger partial charge in [0.15, 0.2) is 0 Å². The highest BCUT2D eigenvalue weighted by Crippen LogP contribution is 2.06. The summed E-state index contributed by atoms with van der Waals surface area (Å²) in [5.74, 6) is 0. The topological polar surface area (TPSA) is 71.2 Å². The Morgan fingerprint density at radius 3 is 2.85 bits per heavy atom. The van der Waals surface area contributed by atoms with Crippen LogP contribution in [-0.4, -0.2) is 32.2 Å². The van der Waals surface area contributed by atoms with Gasteiger partial charge in [-0.15, -0.1) is 5.10 Å². The predicted molar refractivity (Wildman–Crippen MR) is 48.3 cm³/mol. The van der Waals surface area contributed by atoms with Crippen LogP contribution in [0.4, 0.5) is 0 Å². The molecule has 0 radical (unpaired) electrons. The van der Waals surface area contributed by atoms with Crippen LogP contribution >= 0.6 is 0 Å². The molecule has 0 saturated carbocycles. The van der Waals surface area contributed by atoms with Crippen molar-refractivity contribution >= 4 is 23.6 Å². The van der Waals surface area contributed by atoms with Crippen molar-refractivity contribution in [1.29, 1.82) is 0 Å². The summed E-state index contributed by atoms with van der Waals surface area (Å²) < 4.78 is 1.58. The Hall–Kier alpha value is -1.40. The molecule has 1 aromatic carbocycles. The van der Waals surface area contributed by atoms with Gasteiger partial charge in [-0.2, -0.15) is 0 Å². The predicted octanol–water partition coefficient (Wildman–Crippen LogP) is -1.35. The fourth-order valence-electron chi connectivity index (χ4n) is 1.21. The first-order valence-electron chi connectivity index (χ1n) is 3.84. The molecule has 0 aliphatic heterocycles. The lowest BCUT2D eigenvalue weighted by Crippen LogP contribution is -2.29. The van der Waals surface area contributed by atoms with E-state index in [0.29, 0.717) is 5.46 Å². The van der Waals surface area contributed by atoms with E-state index in [1.165, 1.54) is 0 Å². The number of aromatic nitrogens is 3. The van der Waals surface area contributed by atoms with Crippen LogP contribution in [0.3, 0.4) is 0 Å². The first-order chi connectivity index (χ1) is 6.18. The van der Waals surface area contributed by atoms with Gasteiger partial charge in [0, 0.05) is 7.05 Å². The van der Waals surface area contributed by atoms with Crippen LogP contribution in [0, 0.1) is 0 Å². The summed E-state index contributed by atoms with van der Waals surface area (Å²) >= 11 is 0. The zero-order valence-corrected chi connectivity index (χ0v) is 7.05. The van der Waals surface area contributed by atoms with Crippen molar-refractivity contribution in [2.24, 2.45) is 7.05 Å². The maximum absolute atomic E-state index is 8.92. The van der Waals surface area contributed by atoms with Gasteiger partial charge in [0.05, 0.1) is 5.52 Å². The molecule has 2 aromatic rings. The van der Waals surface area contributed by atoms with E-state index < -0.39 is 7.12 Å². The summed E-state index contributed by atoms with van der Waals surface area (Å²) in [4.78, 5) is 0. The van der Waals surface area contributed by atoms with Crippen LogP contribution in [0.5, 0.6) is 0 Å². The minimum atomic E-state index is -1.45. The van der Waals surface area contributed by atoms with E-state index in [9.17, 15) is 0 Å². The SMILES string of the molecule is Cn1nnc2ccc(B(O)O)cc21. The number of rotatable bonds is 1. The minimum absolute atomic E-state index is 0.443. The fourth-order valence-corrected chi connectivity index (χ4v) is 1.21. The van der Waals surface area contributed by atoms with E-state index in [-0.39, 0.29) is 0 Å². The minimum Gasteiger partial charge on any atom is -0.423 e. The van der Waals surface area contributed by atoms with Gasteiger partial charge in [0.2, 0.25) is 0 Å². The average Bonchev–Trinajstić information content (AvgIpc) is 2.47. The summed E-state index contributed by atoms with van der Waals surface area (Å²) in [6, 6.07) is 4.97. The Balaban J connectivity index is 2.66. The summed E-state index contributed by atoms with van der Waals surface area (Å²) in [6.45, 7) is 0. The number of nitrogens with zero attached hydrogens (tertiary/aromatic N) is 3. The maximum Gasteiger partial charge on any atom is 0.488 e. The van der Waals surface area contributed by atoms with Crippen molar-refractivity contribution in [3.8, 4) is 0 Å². The van der Waals surface area contributed by atoms with E-state index in [4.69, 9.17) is 10.0 Å². The van der Waals surface area contributed by atoms with Gasteiger partial charge in [-0.25, -0.2) is 4.68 Å². The summed E-state index contributed by atoms with van der Waals surface area (Å²) in [6.07, 6.45) is 0. The molecule has 0 aliphatic rings. The lowest BCUT2D eigenvalue weighted by atomic mass is 9.80. The Kier molecular flexibility index (Phi) is 1.79. The molecule has 1 heterocycles. The number of hydrogen-bond donors (Lipinski definition) is 2. The number of hydrogen-bond acceptors (Lipinski definition) is 4. The van der Waals surface area contributed by atoms with Gasteiger partial charge in [-0.1, -0.05) is 11.3 Å². The molecule has 13 heavy (non-hydrogen) atoms. The van der Waals surface area contributed by atoms with E-state index in [1.54, 1.807) is 29.9 Å². The lowest BCUT2D eigenvalue weighted by Gasteiger charge is -1.98. The fraction of sp³-hybridized carbons (Fsp3) is 0.143. The van der Waals surface area contributed by atoms with Crippen LogP contribution in [0.15, 0.2) is 18.2 Å². The first kappa shape index (κ1) is 8.21. The average molecular weight is 177 g/mol. The van der Waals surface area contributed by atoms with Crippen molar-refractivity contribution in [2.75, 3.05) is 0 Å². The van der Waals surface area contributed by atoms with E-state index in [0.717, 1.165) is 11.0 Å². The molecular formula is C7H8BN3O2. The Morgan fingerprint density at radius 2 is 2.15 bits per heavy atom. The maximum atomic E-state index is 8.92. The highest BCUT2D eigenvalue weighted by Gasteiger charge is 2.12. The summed E-state index contributed by atoms with van der Waals surface area (Å²) in [5.41, 5.74) is 1.97. The molecule has 1 aromatic heterocycles. The molecule has 0 bridgehead atoms. The standard InChI is InChI=1S/C7H8BN3O2/c1-11-7-4-5(8(12)13)2-3-6(7)9-10-11/h2-4,12-13H,1H3. The van der Waals surface area contributed by atoms with E-state index >= 15 is 0 Å². The molecular weight excluding hydrogens is 169 g/mol. The van der Waals surface area contributed by atoms with E-state index in [1.807, 2.05) is 0 Å². The number of benzene rings is 1. The van der Waals surface area contributed by atoms with Gasteiger partial charge in [-0.05, 0) is 17.6 Å². The van der Waals surface area contributed by atoms with Gasteiger partial charge < -0.3 is 10.0 Å². The Morgan fingerprint density at radius 1 is 1.38 bits per heavy atom. The molecule has 5 nitrogen and oxygen atoms in total. The second-order valence-electron chi connectivity index (χ2n) is 2.83. The molecule has 0 atom stereocenters. The van der Waals surface area contributed by atoms with Gasteiger partial charge in [0.1, 0.15) is 5.52 Å².